The maximum absolute atomic E-state index is 6.95. The van der Waals surface area contributed by atoms with Gasteiger partial charge in [-0.05, 0) is 0 Å². The second-order valence-corrected chi connectivity index (χ2v) is 13.1. The number of rotatable bonds is 5. The van der Waals surface area contributed by atoms with Crippen molar-refractivity contribution in [2.45, 2.75) is 0 Å². The molecule has 0 N–H and O–H groups in total. The van der Waals surface area contributed by atoms with Gasteiger partial charge >= 0.3 is 158 Å². The van der Waals surface area contributed by atoms with E-state index in [0.29, 0.717) is 0 Å². The molecule has 0 aliphatic rings. The molecule has 26 heavy (non-hydrogen) atoms. The minimum atomic E-state index is -3.35. The number of para-hydroxylation sites is 1. The molecule has 4 aromatic carbocycles. The standard InChI is InChI=1S/C24H20GeO/c1-5-13-21(14-6-1)25(22-15-7-2-8-16-22,23-17-9-3-10-18-23)26-24-19-11-4-12-20-24/h1-20H. The third kappa shape index (κ3) is 3.18. The Bertz CT molecular complexity index is 842. The molecule has 0 unspecified atom stereocenters. The molecule has 0 aliphatic heterocycles. The van der Waals surface area contributed by atoms with E-state index in [1.807, 2.05) is 18.2 Å². The topological polar surface area (TPSA) is 9.23 Å². The fraction of sp³-hybridized carbons (Fsp3) is 0. The van der Waals surface area contributed by atoms with E-state index in [0.717, 1.165) is 5.75 Å². The van der Waals surface area contributed by atoms with Gasteiger partial charge in [-0.15, -0.1) is 0 Å². The second kappa shape index (κ2) is 7.63. The molecule has 0 saturated carbocycles. The van der Waals surface area contributed by atoms with Gasteiger partial charge in [0.2, 0.25) is 0 Å². The molecule has 2 heteroatoms. The van der Waals surface area contributed by atoms with Gasteiger partial charge in [-0.3, -0.25) is 0 Å². The molecular formula is C24H20GeO. The molecule has 0 heterocycles. The summed E-state index contributed by atoms with van der Waals surface area (Å²) in [5, 5.41) is 0. The Morgan fingerprint density at radius 3 is 1.04 bits per heavy atom. The van der Waals surface area contributed by atoms with Crippen LogP contribution in [0.25, 0.3) is 0 Å². The van der Waals surface area contributed by atoms with Crippen molar-refractivity contribution < 1.29 is 3.76 Å². The fourth-order valence-electron chi connectivity index (χ4n) is 3.36. The summed E-state index contributed by atoms with van der Waals surface area (Å²) in [6.45, 7) is 0. The summed E-state index contributed by atoms with van der Waals surface area (Å²) in [5.74, 6) is 0.920. The molecule has 1 nitrogen and oxygen atoms in total. The van der Waals surface area contributed by atoms with Crippen LogP contribution in [0.5, 0.6) is 5.75 Å². The molecule has 0 aromatic heterocycles. The van der Waals surface area contributed by atoms with Crippen LogP contribution < -0.4 is 17.0 Å². The van der Waals surface area contributed by atoms with E-state index < -0.39 is 13.6 Å². The first-order valence-corrected chi connectivity index (χ1v) is 12.8. The summed E-state index contributed by atoms with van der Waals surface area (Å²) in [6, 6.07) is 42.3. The zero-order chi connectivity index (χ0) is 17.7. The number of benzene rings is 4. The van der Waals surface area contributed by atoms with E-state index in [2.05, 4.69) is 103 Å². The molecule has 0 aliphatic carbocycles. The van der Waals surface area contributed by atoms with E-state index in [9.17, 15) is 0 Å². The van der Waals surface area contributed by atoms with Crippen LogP contribution in [0, 0.1) is 0 Å². The SMILES string of the molecule is c1ccc([O][Ge]([c]2ccccc2)([c]2ccccc2)[c]2ccccc2)cc1. The maximum atomic E-state index is 6.95. The summed E-state index contributed by atoms with van der Waals surface area (Å²) in [7, 11) is 0. The Balaban J connectivity index is 2.00. The van der Waals surface area contributed by atoms with Gasteiger partial charge in [0.15, 0.2) is 0 Å². The van der Waals surface area contributed by atoms with Crippen molar-refractivity contribution in [3.63, 3.8) is 0 Å². The van der Waals surface area contributed by atoms with Gasteiger partial charge in [0, 0.05) is 0 Å². The summed E-state index contributed by atoms with van der Waals surface area (Å²) in [4.78, 5) is 0. The van der Waals surface area contributed by atoms with Gasteiger partial charge in [-0.2, -0.15) is 0 Å². The molecule has 4 aromatic rings. The van der Waals surface area contributed by atoms with E-state index in [4.69, 9.17) is 3.76 Å². The van der Waals surface area contributed by atoms with Crippen LogP contribution in [-0.4, -0.2) is 13.6 Å². The van der Waals surface area contributed by atoms with E-state index in [1.165, 1.54) is 13.2 Å². The summed E-state index contributed by atoms with van der Waals surface area (Å²) in [6.07, 6.45) is 0. The summed E-state index contributed by atoms with van der Waals surface area (Å²) < 4.78 is 10.8. The van der Waals surface area contributed by atoms with Gasteiger partial charge in [0.05, 0.1) is 0 Å². The average molecular weight is 397 g/mol. The van der Waals surface area contributed by atoms with Gasteiger partial charge in [0.25, 0.3) is 0 Å². The first-order chi connectivity index (χ1) is 12.9. The van der Waals surface area contributed by atoms with Crippen molar-refractivity contribution in [3.8, 4) is 5.75 Å². The van der Waals surface area contributed by atoms with Crippen LogP contribution in [0.3, 0.4) is 0 Å². The minimum absolute atomic E-state index is 0.920. The first kappa shape index (κ1) is 16.7. The van der Waals surface area contributed by atoms with Crippen LogP contribution >= 0.6 is 0 Å². The third-order valence-electron chi connectivity index (χ3n) is 4.56. The zero-order valence-electron chi connectivity index (χ0n) is 14.5. The predicted octanol–water partition coefficient (Wildman–Crippen LogP) is 3.73. The third-order valence-corrected chi connectivity index (χ3v) is 12.9. The summed E-state index contributed by atoms with van der Waals surface area (Å²) in [5.41, 5.74) is 0. The van der Waals surface area contributed by atoms with Gasteiger partial charge in [0.1, 0.15) is 0 Å². The van der Waals surface area contributed by atoms with Crippen molar-refractivity contribution in [3.05, 3.63) is 121 Å². The van der Waals surface area contributed by atoms with Gasteiger partial charge in [-0.25, -0.2) is 0 Å². The molecule has 0 fully saturated rings. The molecule has 0 spiro atoms. The van der Waals surface area contributed by atoms with Crippen molar-refractivity contribution in [2.24, 2.45) is 0 Å². The van der Waals surface area contributed by atoms with E-state index in [-0.39, 0.29) is 0 Å². The van der Waals surface area contributed by atoms with Gasteiger partial charge in [-0.1, -0.05) is 0 Å². The van der Waals surface area contributed by atoms with Crippen LogP contribution in [-0.2, 0) is 0 Å². The van der Waals surface area contributed by atoms with Crippen molar-refractivity contribution in [1.82, 2.24) is 0 Å². The second-order valence-electron chi connectivity index (χ2n) is 6.19. The first-order valence-electron chi connectivity index (χ1n) is 8.80. The quantitative estimate of drug-likeness (QED) is 0.467. The molecule has 126 valence electrons. The summed E-state index contributed by atoms with van der Waals surface area (Å²) >= 11 is -3.35. The Labute approximate surface area is 157 Å². The van der Waals surface area contributed by atoms with E-state index in [1.54, 1.807) is 0 Å². The average Bonchev–Trinajstić information content (AvgIpc) is 2.75. The predicted molar refractivity (Wildman–Crippen MR) is 111 cm³/mol. The molecule has 0 atom stereocenters. The molecular weight excluding hydrogens is 377 g/mol. The number of hydrogen-bond acceptors (Lipinski definition) is 1. The molecule has 0 radical (unpaired) electrons. The molecule has 0 amide bonds. The van der Waals surface area contributed by atoms with Crippen molar-refractivity contribution in [1.29, 1.82) is 0 Å². The van der Waals surface area contributed by atoms with Crippen molar-refractivity contribution in [2.75, 3.05) is 0 Å². The van der Waals surface area contributed by atoms with Gasteiger partial charge < -0.3 is 0 Å². The molecule has 0 bridgehead atoms. The molecule has 0 saturated heterocycles. The Morgan fingerprint density at radius 1 is 0.385 bits per heavy atom. The zero-order valence-corrected chi connectivity index (χ0v) is 16.6. The molecule has 4 rings (SSSR count). The van der Waals surface area contributed by atoms with Crippen molar-refractivity contribution >= 4 is 26.8 Å². The Hall–Kier alpha value is -2.78. The Morgan fingerprint density at radius 2 is 0.692 bits per heavy atom. The van der Waals surface area contributed by atoms with E-state index >= 15 is 0 Å². The Kier molecular flexibility index (Phi) is 4.89. The monoisotopic (exact) mass is 398 g/mol. The van der Waals surface area contributed by atoms with Crippen LogP contribution in [0.2, 0.25) is 0 Å². The number of hydrogen-bond donors (Lipinski definition) is 0. The van der Waals surface area contributed by atoms with Crippen LogP contribution in [0.15, 0.2) is 121 Å². The normalized spacial score (nSPS) is 11.1. The van der Waals surface area contributed by atoms with Crippen LogP contribution in [0.4, 0.5) is 0 Å². The fourth-order valence-corrected chi connectivity index (χ4v) is 11.4. The van der Waals surface area contributed by atoms with Crippen LogP contribution in [0.1, 0.15) is 0 Å².